The zero-order valence-electron chi connectivity index (χ0n) is 12.6. The zero-order chi connectivity index (χ0) is 15.0. The lowest BCUT2D eigenvalue weighted by Gasteiger charge is -2.34. The maximum atomic E-state index is 12.4. The SMILES string of the molecule is CC1CCC(O)(CNC(=O)c2cc(N)cn2C2CC2)CC1. The number of carbonyl (C=O) groups is 1. The fraction of sp³-hybridized carbons (Fsp3) is 0.688. The quantitative estimate of drug-likeness (QED) is 0.794. The first-order valence-corrected chi connectivity index (χ1v) is 7.95. The number of carbonyl (C=O) groups excluding carboxylic acids is 1. The first kappa shape index (κ1) is 14.4. The Labute approximate surface area is 125 Å². The molecule has 116 valence electrons. The van der Waals surface area contributed by atoms with E-state index in [1.165, 1.54) is 0 Å². The number of hydrogen-bond donors (Lipinski definition) is 3. The normalized spacial score (nSPS) is 29.3. The summed E-state index contributed by atoms with van der Waals surface area (Å²) in [4.78, 5) is 12.4. The van der Waals surface area contributed by atoms with Crippen molar-refractivity contribution in [2.24, 2.45) is 5.92 Å². The van der Waals surface area contributed by atoms with Crippen molar-refractivity contribution in [3.05, 3.63) is 18.0 Å². The lowest BCUT2D eigenvalue weighted by Crippen LogP contribution is -2.45. The van der Waals surface area contributed by atoms with Gasteiger partial charge in [-0.1, -0.05) is 6.92 Å². The predicted molar refractivity (Wildman–Crippen MR) is 82.0 cm³/mol. The van der Waals surface area contributed by atoms with Crippen LogP contribution in [0.15, 0.2) is 12.3 Å². The molecule has 3 rings (SSSR count). The first-order valence-electron chi connectivity index (χ1n) is 7.95. The Morgan fingerprint density at radius 1 is 1.43 bits per heavy atom. The molecule has 2 fully saturated rings. The summed E-state index contributed by atoms with van der Waals surface area (Å²) in [6.07, 6.45) is 7.63. The van der Waals surface area contributed by atoms with Gasteiger partial charge in [-0.15, -0.1) is 0 Å². The minimum absolute atomic E-state index is 0.134. The molecule has 5 nitrogen and oxygen atoms in total. The Balaban J connectivity index is 1.61. The first-order chi connectivity index (χ1) is 9.97. The van der Waals surface area contributed by atoms with Gasteiger partial charge in [0, 0.05) is 18.8 Å². The van der Waals surface area contributed by atoms with Gasteiger partial charge in [-0.25, -0.2) is 0 Å². The van der Waals surface area contributed by atoms with Gasteiger partial charge in [-0.2, -0.15) is 0 Å². The van der Waals surface area contributed by atoms with E-state index < -0.39 is 5.60 Å². The van der Waals surface area contributed by atoms with Gasteiger partial charge < -0.3 is 20.7 Å². The molecule has 2 aliphatic rings. The maximum Gasteiger partial charge on any atom is 0.268 e. The van der Waals surface area contributed by atoms with E-state index in [9.17, 15) is 9.90 Å². The summed E-state index contributed by atoms with van der Waals surface area (Å²) in [5.41, 5.74) is 6.30. The molecule has 1 aromatic rings. The number of nitrogens with two attached hydrogens (primary N) is 1. The van der Waals surface area contributed by atoms with Crippen LogP contribution in [0.2, 0.25) is 0 Å². The zero-order valence-corrected chi connectivity index (χ0v) is 12.6. The average Bonchev–Trinajstić information content (AvgIpc) is 3.23. The number of aliphatic hydroxyl groups is 1. The van der Waals surface area contributed by atoms with Crippen LogP contribution in [0.25, 0.3) is 0 Å². The van der Waals surface area contributed by atoms with E-state index in [1.807, 2.05) is 10.8 Å². The third-order valence-electron chi connectivity index (χ3n) is 4.83. The number of aromatic nitrogens is 1. The molecule has 0 aromatic carbocycles. The molecule has 0 saturated heterocycles. The highest BCUT2D eigenvalue weighted by molar-refractivity contribution is 5.94. The summed E-state index contributed by atoms with van der Waals surface area (Å²) in [5.74, 6) is 0.540. The number of amides is 1. The third kappa shape index (κ3) is 3.23. The smallest absolute Gasteiger partial charge is 0.268 e. The Hall–Kier alpha value is -1.49. The van der Waals surface area contributed by atoms with Crippen LogP contribution < -0.4 is 11.1 Å². The molecular formula is C16H25N3O2. The molecule has 0 spiro atoms. The van der Waals surface area contributed by atoms with Crippen molar-refractivity contribution in [1.82, 2.24) is 9.88 Å². The van der Waals surface area contributed by atoms with E-state index in [4.69, 9.17) is 5.73 Å². The average molecular weight is 291 g/mol. The molecule has 0 radical (unpaired) electrons. The maximum absolute atomic E-state index is 12.4. The summed E-state index contributed by atoms with van der Waals surface area (Å²) >= 11 is 0. The predicted octanol–water partition coefficient (Wildman–Crippen LogP) is 2.08. The van der Waals surface area contributed by atoms with Gasteiger partial charge in [0.15, 0.2) is 0 Å². The molecule has 0 bridgehead atoms. The summed E-state index contributed by atoms with van der Waals surface area (Å²) in [5, 5.41) is 13.4. The second-order valence-electron chi connectivity index (χ2n) is 6.89. The Morgan fingerprint density at radius 2 is 2.10 bits per heavy atom. The highest BCUT2D eigenvalue weighted by Gasteiger charge is 2.33. The monoisotopic (exact) mass is 291 g/mol. The van der Waals surface area contributed by atoms with E-state index >= 15 is 0 Å². The number of nitrogens with one attached hydrogen (secondary N) is 1. The van der Waals surface area contributed by atoms with E-state index in [0.29, 0.717) is 29.9 Å². The van der Waals surface area contributed by atoms with Gasteiger partial charge >= 0.3 is 0 Å². The minimum Gasteiger partial charge on any atom is -0.397 e. The molecule has 2 saturated carbocycles. The molecule has 5 heteroatoms. The molecule has 1 aromatic heterocycles. The molecule has 2 aliphatic carbocycles. The third-order valence-corrected chi connectivity index (χ3v) is 4.83. The van der Waals surface area contributed by atoms with Crippen molar-refractivity contribution in [3.63, 3.8) is 0 Å². The van der Waals surface area contributed by atoms with Crippen LogP contribution in [-0.4, -0.2) is 27.7 Å². The number of hydrogen-bond acceptors (Lipinski definition) is 3. The summed E-state index contributed by atoms with van der Waals surface area (Å²) in [6.45, 7) is 2.54. The molecular weight excluding hydrogens is 266 g/mol. The standard InChI is InChI=1S/C16H25N3O2/c1-11-4-6-16(21,7-5-11)10-18-15(20)14-8-12(17)9-19(14)13-2-3-13/h8-9,11,13,21H,2-7,10,17H2,1H3,(H,18,20). The van der Waals surface area contributed by atoms with Gasteiger partial charge in [0.2, 0.25) is 0 Å². The van der Waals surface area contributed by atoms with Gasteiger partial charge in [-0.05, 0) is 50.5 Å². The van der Waals surface area contributed by atoms with Crippen molar-refractivity contribution in [2.45, 2.75) is 57.1 Å². The van der Waals surface area contributed by atoms with Crippen LogP contribution in [0, 0.1) is 5.92 Å². The number of anilines is 1. The van der Waals surface area contributed by atoms with Crippen LogP contribution >= 0.6 is 0 Å². The molecule has 21 heavy (non-hydrogen) atoms. The van der Waals surface area contributed by atoms with Gasteiger partial charge in [-0.3, -0.25) is 4.79 Å². The van der Waals surface area contributed by atoms with Gasteiger partial charge in [0.05, 0.1) is 11.3 Å². The summed E-state index contributed by atoms with van der Waals surface area (Å²) < 4.78 is 1.97. The molecule has 0 unspecified atom stereocenters. The second-order valence-corrected chi connectivity index (χ2v) is 6.89. The van der Waals surface area contributed by atoms with Crippen LogP contribution in [0.5, 0.6) is 0 Å². The fourth-order valence-electron chi connectivity index (χ4n) is 3.15. The van der Waals surface area contributed by atoms with Crippen molar-refractivity contribution in [2.75, 3.05) is 12.3 Å². The topological polar surface area (TPSA) is 80.3 Å². The largest absolute Gasteiger partial charge is 0.397 e. The van der Waals surface area contributed by atoms with Crippen LogP contribution in [0.4, 0.5) is 5.69 Å². The number of nitrogen functional groups attached to an aromatic ring is 1. The Bertz CT molecular complexity index is 526. The molecule has 4 N–H and O–H groups in total. The Morgan fingerprint density at radius 3 is 2.71 bits per heavy atom. The summed E-state index contributed by atoms with van der Waals surface area (Å²) in [7, 11) is 0. The minimum atomic E-state index is -0.745. The molecule has 1 heterocycles. The van der Waals surface area contributed by atoms with Crippen LogP contribution in [0.1, 0.15) is 62.0 Å². The fourth-order valence-corrected chi connectivity index (χ4v) is 3.15. The second kappa shape index (κ2) is 5.37. The van der Waals surface area contributed by atoms with Crippen LogP contribution in [0.3, 0.4) is 0 Å². The van der Waals surface area contributed by atoms with E-state index in [0.717, 1.165) is 38.5 Å². The Kier molecular flexibility index (Phi) is 3.69. The van der Waals surface area contributed by atoms with E-state index in [2.05, 4.69) is 12.2 Å². The summed E-state index contributed by atoms with van der Waals surface area (Å²) in [6, 6.07) is 2.14. The number of nitrogens with zero attached hydrogens (tertiary/aromatic N) is 1. The van der Waals surface area contributed by atoms with E-state index in [-0.39, 0.29) is 5.91 Å². The lowest BCUT2D eigenvalue weighted by molar-refractivity contribution is -0.00546. The van der Waals surface area contributed by atoms with Crippen molar-refractivity contribution < 1.29 is 9.90 Å². The van der Waals surface area contributed by atoms with Gasteiger partial charge in [0.25, 0.3) is 5.91 Å². The van der Waals surface area contributed by atoms with Crippen molar-refractivity contribution >= 4 is 11.6 Å². The van der Waals surface area contributed by atoms with Crippen molar-refractivity contribution in [3.8, 4) is 0 Å². The van der Waals surface area contributed by atoms with E-state index in [1.54, 1.807) is 6.07 Å². The van der Waals surface area contributed by atoms with Gasteiger partial charge in [0.1, 0.15) is 5.69 Å². The molecule has 1 amide bonds. The molecule has 0 atom stereocenters. The molecule has 0 aliphatic heterocycles. The van der Waals surface area contributed by atoms with Crippen LogP contribution in [-0.2, 0) is 0 Å². The highest BCUT2D eigenvalue weighted by atomic mass is 16.3. The number of rotatable bonds is 4. The highest BCUT2D eigenvalue weighted by Crippen LogP contribution is 2.37. The van der Waals surface area contributed by atoms with Crippen molar-refractivity contribution in [1.29, 1.82) is 0 Å². The lowest BCUT2D eigenvalue weighted by atomic mass is 9.79.